The van der Waals surface area contributed by atoms with E-state index in [9.17, 15) is 4.79 Å². The Labute approximate surface area is 112 Å². The van der Waals surface area contributed by atoms with E-state index in [0.29, 0.717) is 37.7 Å². The molecular formula is C15H19NO3. The van der Waals surface area contributed by atoms with Crippen LogP contribution in [0.4, 0.5) is 0 Å². The smallest absolute Gasteiger partial charge is 0.182 e. The van der Waals surface area contributed by atoms with Crippen molar-refractivity contribution in [3.05, 3.63) is 29.8 Å². The summed E-state index contributed by atoms with van der Waals surface area (Å²) in [7, 11) is 0. The van der Waals surface area contributed by atoms with Crippen molar-refractivity contribution in [2.45, 2.75) is 37.3 Å². The van der Waals surface area contributed by atoms with E-state index in [1.165, 1.54) is 0 Å². The second kappa shape index (κ2) is 4.94. The van der Waals surface area contributed by atoms with Gasteiger partial charge in [0.25, 0.3) is 0 Å². The molecule has 2 fully saturated rings. The van der Waals surface area contributed by atoms with Gasteiger partial charge in [-0.25, -0.2) is 0 Å². The molecule has 1 aliphatic heterocycles. The third-order valence-corrected chi connectivity index (χ3v) is 3.76. The summed E-state index contributed by atoms with van der Waals surface area (Å²) in [5.41, 5.74) is 6.09. The number of carbonyl (C=O) groups excluding carboxylic acids is 1. The van der Waals surface area contributed by atoms with E-state index < -0.39 is 5.54 Å². The average Bonchev–Trinajstić information content (AvgIpc) is 3.23. The third kappa shape index (κ3) is 2.80. The van der Waals surface area contributed by atoms with Gasteiger partial charge in [0.05, 0.1) is 11.6 Å². The summed E-state index contributed by atoms with van der Waals surface area (Å²) in [4.78, 5) is 12.5. The third-order valence-electron chi connectivity index (χ3n) is 3.76. The highest BCUT2D eigenvalue weighted by Crippen LogP contribution is 2.29. The molecule has 1 saturated carbocycles. The SMILES string of the molecule is NC1(C(=O)c2cccc(OC3CC3)c2)CCOCC1. The molecule has 0 bridgehead atoms. The molecule has 4 nitrogen and oxygen atoms in total. The highest BCUT2D eigenvalue weighted by atomic mass is 16.5. The molecule has 1 aromatic rings. The Morgan fingerprint density at radius 3 is 2.74 bits per heavy atom. The molecule has 0 unspecified atom stereocenters. The van der Waals surface area contributed by atoms with Crippen LogP contribution in [0.15, 0.2) is 24.3 Å². The number of ether oxygens (including phenoxy) is 2. The number of nitrogens with two attached hydrogens (primary N) is 1. The molecule has 0 aromatic heterocycles. The Balaban J connectivity index is 1.78. The van der Waals surface area contributed by atoms with Crippen molar-refractivity contribution in [1.29, 1.82) is 0 Å². The molecule has 1 heterocycles. The molecule has 3 rings (SSSR count). The first-order valence-electron chi connectivity index (χ1n) is 6.85. The maximum absolute atomic E-state index is 12.5. The van der Waals surface area contributed by atoms with E-state index in [-0.39, 0.29) is 5.78 Å². The van der Waals surface area contributed by atoms with Gasteiger partial charge in [0.15, 0.2) is 5.78 Å². The van der Waals surface area contributed by atoms with E-state index in [1.54, 1.807) is 0 Å². The molecule has 0 spiro atoms. The highest BCUT2D eigenvalue weighted by molar-refractivity contribution is 6.03. The Hall–Kier alpha value is -1.39. The van der Waals surface area contributed by atoms with Crippen LogP contribution >= 0.6 is 0 Å². The van der Waals surface area contributed by atoms with E-state index in [1.807, 2.05) is 24.3 Å². The first-order chi connectivity index (χ1) is 9.17. The number of rotatable bonds is 4. The lowest BCUT2D eigenvalue weighted by molar-refractivity contribution is 0.0447. The fraction of sp³-hybridized carbons (Fsp3) is 0.533. The number of ketones is 1. The molecule has 19 heavy (non-hydrogen) atoms. The molecule has 1 aromatic carbocycles. The molecular weight excluding hydrogens is 242 g/mol. The van der Waals surface area contributed by atoms with E-state index >= 15 is 0 Å². The monoisotopic (exact) mass is 261 g/mol. The number of hydrogen-bond donors (Lipinski definition) is 1. The van der Waals surface area contributed by atoms with Gasteiger partial charge in [-0.2, -0.15) is 0 Å². The van der Waals surface area contributed by atoms with Crippen LogP contribution in [0.3, 0.4) is 0 Å². The summed E-state index contributed by atoms with van der Waals surface area (Å²) >= 11 is 0. The lowest BCUT2D eigenvalue weighted by atomic mass is 9.83. The number of Topliss-reactive ketones (excluding diaryl/α,β-unsaturated/α-hetero) is 1. The highest BCUT2D eigenvalue weighted by Gasteiger charge is 2.36. The van der Waals surface area contributed by atoms with Gasteiger partial charge in [-0.15, -0.1) is 0 Å². The van der Waals surface area contributed by atoms with Gasteiger partial charge >= 0.3 is 0 Å². The predicted octanol–water partition coefficient (Wildman–Crippen LogP) is 1.92. The van der Waals surface area contributed by atoms with Gasteiger partial charge in [-0.3, -0.25) is 4.79 Å². The summed E-state index contributed by atoms with van der Waals surface area (Å²) in [5, 5.41) is 0. The van der Waals surface area contributed by atoms with Crippen LogP contribution in [-0.4, -0.2) is 30.6 Å². The molecule has 1 aliphatic carbocycles. The van der Waals surface area contributed by atoms with Crippen LogP contribution in [-0.2, 0) is 4.74 Å². The van der Waals surface area contributed by atoms with Gasteiger partial charge in [-0.1, -0.05) is 12.1 Å². The van der Waals surface area contributed by atoms with Crippen molar-refractivity contribution in [1.82, 2.24) is 0 Å². The first kappa shape index (κ1) is 12.6. The first-order valence-corrected chi connectivity index (χ1v) is 6.85. The number of carbonyl (C=O) groups is 1. The van der Waals surface area contributed by atoms with Crippen LogP contribution in [0.25, 0.3) is 0 Å². The molecule has 2 N–H and O–H groups in total. The van der Waals surface area contributed by atoms with E-state index in [2.05, 4.69) is 0 Å². The van der Waals surface area contributed by atoms with Crippen LogP contribution in [0.1, 0.15) is 36.0 Å². The van der Waals surface area contributed by atoms with Crippen molar-refractivity contribution in [2.24, 2.45) is 5.73 Å². The summed E-state index contributed by atoms with van der Waals surface area (Å²) in [6, 6.07) is 7.37. The maximum atomic E-state index is 12.5. The van der Waals surface area contributed by atoms with Crippen molar-refractivity contribution in [3.63, 3.8) is 0 Å². The summed E-state index contributed by atoms with van der Waals surface area (Å²) in [6.07, 6.45) is 3.71. The zero-order chi connectivity index (χ0) is 13.3. The fourth-order valence-corrected chi connectivity index (χ4v) is 2.34. The zero-order valence-corrected chi connectivity index (χ0v) is 10.9. The molecule has 0 radical (unpaired) electrons. The standard InChI is InChI=1S/C15H19NO3/c16-15(6-8-18-9-7-15)14(17)11-2-1-3-13(10-11)19-12-4-5-12/h1-3,10,12H,4-9,16H2. The average molecular weight is 261 g/mol. The minimum Gasteiger partial charge on any atom is -0.490 e. The van der Waals surface area contributed by atoms with Crippen LogP contribution in [0.2, 0.25) is 0 Å². The van der Waals surface area contributed by atoms with Crippen molar-refractivity contribution in [3.8, 4) is 5.75 Å². The fourth-order valence-electron chi connectivity index (χ4n) is 2.34. The van der Waals surface area contributed by atoms with Crippen LogP contribution in [0.5, 0.6) is 5.75 Å². The van der Waals surface area contributed by atoms with Gasteiger partial charge in [-0.05, 0) is 37.8 Å². The van der Waals surface area contributed by atoms with Gasteiger partial charge < -0.3 is 15.2 Å². The van der Waals surface area contributed by atoms with Crippen molar-refractivity contribution < 1.29 is 14.3 Å². The lowest BCUT2D eigenvalue weighted by Gasteiger charge is -2.31. The Morgan fingerprint density at radius 2 is 2.05 bits per heavy atom. The normalized spacial score (nSPS) is 21.9. The Bertz CT molecular complexity index is 476. The molecule has 0 amide bonds. The second-order valence-electron chi connectivity index (χ2n) is 5.44. The maximum Gasteiger partial charge on any atom is 0.182 e. The Morgan fingerprint density at radius 1 is 1.32 bits per heavy atom. The number of benzene rings is 1. The van der Waals surface area contributed by atoms with Gasteiger partial charge in [0.2, 0.25) is 0 Å². The summed E-state index contributed by atoms with van der Waals surface area (Å²) in [5.74, 6) is 0.765. The van der Waals surface area contributed by atoms with E-state index in [0.717, 1.165) is 18.6 Å². The second-order valence-corrected chi connectivity index (χ2v) is 5.44. The van der Waals surface area contributed by atoms with Crippen molar-refractivity contribution in [2.75, 3.05) is 13.2 Å². The quantitative estimate of drug-likeness (QED) is 0.841. The molecule has 1 saturated heterocycles. The topological polar surface area (TPSA) is 61.6 Å². The molecule has 2 aliphatic rings. The predicted molar refractivity (Wildman–Crippen MR) is 71.4 cm³/mol. The summed E-state index contributed by atoms with van der Waals surface area (Å²) < 4.78 is 11.0. The molecule has 102 valence electrons. The largest absolute Gasteiger partial charge is 0.490 e. The van der Waals surface area contributed by atoms with Crippen LogP contribution < -0.4 is 10.5 Å². The van der Waals surface area contributed by atoms with E-state index in [4.69, 9.17) is 15.2 Å². The Kier molecular flexibility index (Phi) is 3.29. The van der Waals surface area contributed by atoms with Gasteiger partial charge in [0.1, 0.15) is 5.75 Å². The van der Waals surface area contributed by atoms with Gasteiger partial charge in [0, 0.05) is 18.8 Å². The van der Waals surface area contributed by atoms with Crippen molar-refractivity contribution >= 4 is 5.78 Å². The zero-order valence-electron chi connectivity index (χ0n) is 10.9. The molecule has 0 atom stereocenters. The summed E-state index contributed by atoms with van der Waals surface area (Å²) in [6.45, 7) is 1.11. The lowest BCUT2D eigenvalue weighted by Crippen LogP contribution is -2.51. The van der Waals surface area contributed by atoms with Crippen LogP contribution in [0, 0.1) is 0 Å². The minimum absolute atomic E-state index is 0.00273. The minimum atomic E-state index is -0.781. The number of hydrogen-bond acceptors (Lipinski definition) is 4. The molecule has 4 heteroatoms.